The van der Waals surface area contributed by atoms with Crippen molar-refractivity contribution < 1.29 is 4.79 Å². The van der Waals surface area contributed by atoms with Crippen molar-refractivity contribution >= 4 is 5.78 Å². The summed E-state index contributed by atoms with van der Waals surface area (Å²) in [4.78, 5) is 13.1. The van der Waals surface area contributed by atoms with Crippen LogP contribution in [0.1, 0.15) is 117 Å². The van der Waals surface area contributed by atoms with Crippen LogP contribution in [0.3, 0.4) is 0 Å². The van der Waals surface area contributed by atoms with Crippen molar-refractivity contribution in [2.24, 2.45) is 5.92 Å². The molecule has 1 fully saturated rings. The van der Waals surface area contributed by atoms with Crippen LogP contribution in [0.5, 0.6) is 0 Å². The van der Waals surface area contributed by atoms with E-state index in [0.29, 0.717) is 5.78 Å². The number of hydrogen-bond donors (Lipinski definition) is 0. The third-order valence-corrected chi connectivity index (χ3v) is 5.69. The van der Waals surface area contributed by atoms with E-state index >= 15 is 0 Å². The molecule has 2 nitrogen and oxygen atoms in total. The first kappa shape index (κ1) is 29.9. The highest BCUT2D eigenvalue weighted by Crippen LogP contribution is 2.13. The largest absolute Gasteiger partial charge is 0.303 e. The minimum atomic E-state index is 0.334. The first-order valence-electron chi connectivity index (χ1n) is 13.3. The molecule has 0 aliphatic carbocycles. The second-order valence-corrected chi connectivity index (χ2v) is 9.29. The van der Waals surface area contributed by atoms with Crippen molar-refractivity contribution in [3.63, 3.8) is 0 Å². The second-order valence-electron chi connectivity index (χ2n) is 9.29. The predicted octanol–water partition coefficient (Wildman–Crippen LogP) is 8.27. The fraction of sp³-hybridized carbons (Fsp3) is 0.759. The second kappa shape index (κ2) is 20.7. The first-order valence-corrected chi connectivity index (χ1v) is 13.3. The third kappa shape index (κ3) is 18.2. The van der Waals surface area contributed by atoms with Crippen molar-refractivity contribution in [2.75, 3.05) is 19.6 Å². The summed E-state index contributed by atoms with van der Waals surface area (Å²) >= 11 is 0. The number of carbonyl (C=O) groups excluding carboxylic acids is 1. The average molecular weight is 432 g/mol. The summed E-state index contributed by atoms with van der Waals surface area (Å²) in [5, 5.41) is 0. The normalized spacial score (nSPS) is 13.4. The lowest BCUT2D eigenvalue weighted by Gasteiger charge is -2.14. The van der Waals surface area contributed by atoms with E-state index in [2.05, 4.69) is 49.9 Å². The van der Waals surface area contributed by atoms with Crippen LogP contribution in [0.15, 0.2) is 24.3 Å². The number of unbranched alkanes of at least 4 members (excludes halogenated alkanes) is 5. The number of nitrogens with zero attached hydrogens (tertiary/aromatic N) is 1. The van der Waals surface area contributed by atoms with Crippen molar-refractivity contribution in [1.82, 2.24) is 4.90 Å². The SMILES string of the molecule is CC.CC(C)Cc1ccc(CCCN2CCCC2)cc1.CCCCCCCCC(C)=O. The van der Waals surface area contributed by atoms with E-state index < -0.39 is 0 Å². The zero-order chi connectivity index (χ0) is 23.3. The van der Waals surface area contributed by atoms with Crippen LogP contribution in [0.25, 0.3) is 0 Å². The lowest BCUT2D eigenvalue weighted by atomic mass is 10.0. The molecule has 2 heteroatoms. The van der Waals surface area contributed by atoms with Gasteiger partial charge in [-0.25, -0.2) is 0 Å². The number of benzene rings is 1. The van der Waals surface area contributed by atoms with Gasteiger partial charge in [-0.3, -0.25) is 0 Å². The van der Waals surface area contributed by atoms with Gasteiger partial charge >= 0.3 is 0 Å². The Labute approximate surface area is 195 Å². The molecule has 1 aromatic carbocycles. The summed E-state index contributed by atoms with van der Waals surface area (Å²) in [5.41, 5.74) is 2.98. The third-order valence-electron chi connectivity index (χ3n) is 5.69. The van der Waals surface area contributed by atoms with Gasteiger partial charge in [-0.15, -0.1) is 0 Å². The van der Waals surface area contributed by atoms with E-state index in [1.165, 1.54) is 95.0 Å². The molecule has 1 heterocycles. The fourth-order valence-electron chi connectivity index (χ4n) is 3.98. The monoisotopic (exact) mass is 431 g/mol. The number of ketones is 1. The van der Waals surface area contributed by atoms with Crippen molar-refractivity contribution in [3.8, 4) is 0 Å². The van der Waals surface area contributed by atoms with Crippen LogP contribution in [0, 0.1) is 5.92 Å². The molecule has 0 bridgehead atoms. The Kier molecular flexibility index (Phi) is 20.0. The lowest BCUT2D eigenvalue weighted by molar-refractivity contribution is -0.117. The molecule has 1 aliphatic rings. The minimum absolute atomic E-state index is 0.334. The van der Waals surface area contributed by atoms with E-state index in [9.17, 15) is 4.79 Å². The molecular weight excluding hydrogens is 378 g/mol. The number of hydrogen-bond acceptors (Lipinski definition) is 2. The molecule has 31 heavy (non-hydrogen) atoms. The topological polar surface area (TPSA) is 20.3 Å². The molecule has 0 saturated carbocycles. The quantitative estimate of drug-likeness (QED) is 0.293. The predicted molar refractivity (Wildman–Crippen MR) is 139 cm³/mol. The first-order chi connectivity index (χ1) is 15.0. The van der Waals surface area contributed by atoms with E-state index in [4.69, 9.17) is 0 Å². The number of carbonyl (C=O) groups is 1. The Hall–Kier alpha value is -1.15. The number of aryl methyl sites for hydroxylation is 1. The zero-order valence-corrected chi connectivity index (χ0v) is 21.8. The van der Waals surface area contributed by atoms with E-state index in [0.717, 1.165) is 18.8 Å². The van der Waals surface area contributed by atoms with Crippen LogP contribution < -0.4 is 0 Å². The zero-order valence-electron chi connectivity index (χ0n) is 21.8. The molecule has 0 unspecified atom stereocenters. The Morgan fingerprint density at radius 3 is 1.97 bits per heavy atom. The maximum atomic E-state index is 10.5. The number of Topliss-reactive ketones (excluding diaryl/α,β-unsaturated/α-hetero) is 1. The summed E-state index contributed by atoms with van der Waals surface area (Å²) in [7, 11) is 0. The van der Waals surface area contributed by atoms with Gasteiger partial charge in [0.2, 0.25) is 0 Å². The minimum Gasteiger partial charge on any atom is -0.303 e. The maximum Gasteiger partial charge on any atom is 0.129 e. The maximum absolute atomic E-state index is 10.5. The van der Waals surface area contributed by atoms with Crippen LogP contribution >= 0.6 is 0 Å². The van der Waals surface area contributed by atoms with Crippen molar-refractivity contribution in [1.29, 1.82) is 0 Å². The molecule has 0 aromatic heterocycles. The molecule has 1 aliphatic heterocycles. The van der Waals surface area contributed by atoms with Crippen LogP contribution in [0.2, 0.25) is 0 Å². The van der Waals surface area contributed by atoms with Crippen molar-refractivity contribution in [3.05, 3.63) is 35.4 Å². The number of likely N-dealkylation sites (tertiary alicyclic amines) is 1. The Bertz CT molecular complexity index is 514. The number of rotatable bonds is 13. The molecule has 180 valence electrons. The Balaban J connectivity index is 0.000000599. The molecule has 0 amide bonds. The molecule has 1 aromatic rings. The molecule has 0 radical (unpaired) electrons. The van der Waals surface area contributed by atoms with Gasteiger partial charge in [0, 0.05) is 6.42 Å². The summed E-state index contributed by atoms with van der Waals surface area (Å²) in [5.74, 6) is 1.09. The van der Waals surface area contributed by atoms with E-state index in [1.807, 2.05) is 13.8 Å². The van der Waals surface area contributed by atoms with Gasteiger partial charge in [-0.1, -0.05) is 91.0 Å². The summed E-state index contributed by atoms with van der Waals surface area (Å²) in [6.07, 6.45) is 15.0. The highest BCUT2D eigenvalue weighted by Gasteiger charge is 2.10. The fourth-order valence-corrected chi connectivity index (χ4v) is 3.98. The van der Waals surface area contributed by atoms with Crippen LogP contribution in [-0.4, -0.2) is 30.3 Å². The van der Waals surface area contributed by atoms with Gasteiger partial charge in [0.15, 0.2) is 0 Å². The molecular formula is C29H53NO. The van der Waals surface area contributed by atoms with Gasteiger partial charge < -0.3 is 9.69 Å². The smallest absolute Gasteiger partial charge is 0.129 e. The Morgan fingerprint density at radius 1 is 0.871 bits per heavy atom. The summed E-state index contributed by atoms with van der Waals surface area (Å²) in [6, 6.07) is 9.26. The summed E-state index contributed by atoms with van der Waals surface area (Å²) < 4.78 is 0. The molecule has 2 rings (SSSR count). The molecule has 0 atom stereocenters. The lowest BCUT2D eigenvalue weighted by Crippen LogP contribution is -2.20. The summed E-state index contributed by atoms with van der Waals surface area (Å²) in [6.45, 7) is 16.4. The van der Waals surface area contributed by atoms with E-state index in [1.54, 1.807) is 6.92 Å². The molecule has 1 saturated heterocycles. The van der Waals surface area contributed by atoms with Gasteiger partial charge in [0.25, 0.3) is 0 Å². The van der Waals surface area contributed by atoms with E-state index in [-0.39, 0.29) is 0 Å². The standard InChI is InChI=1S/C17H27N.C10H20O.C2H6/c1-15(2)14-17-9-7-16(8-10-17)6-5-13-18-11-3-4-12-18;1-3-4-5-6-7-8-9-10(2)11;1-2/h7-10,15H,3-6,11-14H2,1-2H3;3-9H2,1-2H3;1-2H3. The molecule has 0 N–H and O–H groups in total. The highest BCUT2D eigenvalue weighted by atomic mass is 16.1. The van der Waals surface area contributed by atoms with Crippen molar-refractivity contribution in [2.45, 2.75) is 119 Å². The molecule has 0 spiro atoms. The van der Waals surface area contributed by atoms with Crippen LogP contribution in [-0.2, 0) is 17.6 Å². The van der Waals surface area contributed by atoms with Gasteiger partial charge in [0.05, 0.1) is 0 Å². The average Bonchev–Trinajstić information content (AvgIpc) is 3.27. The van der Waals surface area contributed by atoms with Crippen LogP contribution in [0.4, 0.5) is 0 Å². The van der Waals surface area contributed by atoms with Gasteiger partial charge in [0.1, 0.15) is 5.78 Å². The van der Waals surface area contributed by atoms with Gasteiger partial charge in [-0.05, 0) is 82.1 Å². The highest BCUT2D eigenvalue weighted by molar-refractivity contribution is 5.75. The Morgan fingerprint density at radius 2 is 1.42 bits per heavy atom. The van der Waals surface area contributed by atoms with Gasteiger partial charge in [-0.2, -0.15) is 0 Å².